The molecule has 10 heavy (non-hydrogen) atoms. The average molecular weight is 146 g/mol. The first-order chi connectivity index (χ1) is 4.85. The lowest BCUT2D eigenvalue weighted by Crippen LogP contribution is -1.94. The summed E-state index contributed by atoms with van der Waals surface area (Å²) in [6.07, 6.45) is 5.17. The smallest absolute Gasteiger partial charge is 0.136 e. The minimum atomic E-state index is -0.506. The van der Waals surface area contributed by atoms with Crippen LogP contribution in [0.2, 0.25) is 5.54 Å². The van der Waals surface area contributed by atoms with Crippen molar-refractivity contribution in [3.63, 3.8) is 0 Å². The van der Waals surface area contributed by atoms with E-state index in [1.165, 1.54) is 0 Å². The van der Waals surface area contributed by atoms with E-state index in [1.54, 1.807) is 0 Å². The van der Waals surface area contributed by atoms with Crippen LogP contribution in [0.4, 0.5) is 0 Å². The van der Waals surface area contributed by atoms with Gasteiger partial charge in [0.15, 0.2) is 0 Å². The summed E-state index contributed by atoms with van der Waals surface area (Å²) in [6, 6.07) is 0. The Labute approximate surface area is 65.2 Å². The van der Waals surface area contributed by atoms with Crippen molar-refractivity contribution in [2.24, 2.45) is 0 Å². The molecule has 1 heteroatoms. The Morgan fingerprint density at radius 1 is 1.20 bits per heavy atom. The van der Waals surface area contributed by atoms with Gasteiger partial charge in [0.25, 0.3) is 0 Å². The zero-order valence-electron chi connectivity index (χ0n) is 6.36. The van der Waals surface area contributed by atoms with Gasteiger partial charge >= 0.3 is 0 Å². The molecule has 0 aromatic heterocycles. The van der Waals surface area contributed by atoms with Crippen molar-refractivity contribution in [1.29, 1.82) is 0 Å². The second-order valence-corrected chi connectivity index (χ2v) is 3.38. The Bertz CT molecular complexity index is 216. The van der Waals surface area contributed by atoms with Crippen molar-refractivity contribution in [2.75, 3.05) is 0 Å². The minimum absolute atomic E-state index is 0.208. The van der Waals surface area contributed by atoms with Gasteiger partial charge in [-0.3, -0.25) is 0 Å². The highest BCUT2D eigenvalue weighted by atomic mass is 28.2. The van der Waals surface area contributed by atoms with E-state index in [-0.39, 0.29) is 5.54 Å². The first-order valence-electron chi connectivity index (χ1n) is 3.13. The fourth-order valence-corrected chi connectivity index (χ4v) is 1.45. The highest BCUT2D eigenvalue weighted by molar-refractivity contribution is 6.49. The molecule has 0 N–H and O–H groups in total. The van der Waals surface area contributed by atoms with Crippen LogP contribution in [-0.4, -0.2) is 9.52 Å². The zero-order valence-corrected chi connectivity index (χ0v) is 7.78. The Morgan fingerprint density at radius 3 is 2.00 bits per heavy atom. The molecule has 0 atom stereocenters. The summed E-state index contributed by atoms with van der Waals surface area (Å²) in [4.78, 5) is 0. The van der Waals surface area contributed by atoms with E-state index in [1.807, 2.05) is 13.8 Å². The number of hydrogen-bond acceptors (Lipinski definition) is 0. The van der Waals surface area contributed by atoms with E-state index < -0.39 is 9.52 Å². The van der Waals surface area contributed by atoms with Crippen molar-refractivity contribution in [1.82, 2.24) is 0 Å². The molecule has 50 valence electrons. The van der Waals surface area contributed by atoms with Crippen LogP contribution in [0, 0.1) is 35.6 Å². The van der Waals surface area contributed by atoms with Crippen molar-refractivity contribution in [3.05, 3.63) is 0 Å². The van der Waals surface area contributed by atoms with E-state index in [9.17, 15) is 0 Å². The molecule has 0 heterocycles. The van der Waals surface area contributed by atoms with Crippen molar-refractivity contribution in [3.8, 4) is 35.6 Å². The van der Waals surface area contributed by atoms with Crippen LogP contribution in [0.3, 0.4) is 0 Å². The van der Waals surface area contributed by atoms with E-state index >= 15 is 0 Å². The first-order valence-corrected chi connectivity index (χ1v) is 4.65. The Kier molecular flexibility index (Phi) is 5.36. The monoisotopic (exact) mass is 146 g/mol. The lowest BCUT2D eigenvalue weighted by Gasteiger charge is -1.91. The summed E-state index contributed by atoms with van der Waals surface area (Å²) >= 11 is 0. The molecule has 0 rings (SSSR count). The molecule has 0 nitrogen and oxygen atoms in total. The van der Waals surface area contributed by atoms with Crippen LogP contribution >= 0.6 is 0 Å². The van der Waals surface area contributed by atoms with E-state index in [4.69, 9.17) is 6.42 Å². The molecule has 0 saturated heterocycles. The second-order valence-electron chi connectivity index (χ2n) is 1.75. The van der Waals surface area contributed by atoms with Crippen LogP contribution < -0.4 is 0 Å². The summed E-state index contributed by atoms with van der Waals surface area (Å²) < 4.78 is 0. The summed E-state index contributed by atoms with van der Waals surface area (Å²) in [5.74, 6) is 11.6. The molecule has 0 aliphatic heterocycles. The van der Waals surface area contributed by atoms with Gasteiger partial charge in [0.1, 0.15) is 9.52 Å². The van der Waals surface area contributed by atoms with Gasteiger partial charge in [-0.05, 0) is 13.8 Å². The molecular weight excluding hydrogens is 136 g/mol. The minimum Gasteiger partial charge on any atom is -0.140 e. The fourth-order valence-electron chi connectivity index (χ4n) is 0.604. The lowest BCUT2D eigenvalue weighted by molar-refractivity contribution is 1.50. The quantitative estimate of drug-likeness (QED) is 0.375. The molecule has 0 fully saturated rings. The molecule has 0 saturated carbocycles. The predicted molar refractivity (Wildman–Crippen MR) is 48.0 cm³/mol. The lowest BCUT2D eigenvalue weighted by atomic mass is 10.4. The van der Waals surface area contributed by atoms with Crippen LogP contribution in [0.15, 0.2) is 0 Å². The van der Waals surface area contributed by atoms with Crippen molar-refractivity contribution >= 4 is 9.52 Å². The number of hydrogen-bond donors (Lipinski definition) is 0. The summed E-state index contributed by atoms with van der Waals surface area (Å²) in [5, 5.41) is 0. The normalized spacial score (nSPS) is 7.80. The van der Waals surface area contributed by atoms with E-state index in [0.717, 1.165) is 0 Å². The molecule has 0 amide bonds. The van der Waals surface area contributed by atoms with Crippen LogP contribution in [-0.2, 0) is 0 Å². The summed E-state index contributed by atoms with van der Waals surface area (Å²) in [5.41, 5.74) is 2.88. The van der Waals surface area contributed by atoms with Gasteiger partial charge in [0.05, 0.1) is 5.54 Å². The van der Waals surface area contributed by atoms with Gasteiger partial charge in [0.2, 0.25) is 0 Å². The van der Waals surface area contributed by atoms with Crippen LogP contribution in [0.25, 0.3) is 0 Å². The molecular formula is C9H10Si. The Balaban J connectivity index is 4.05. The van der Waals surface area contributed by atoms with Gasteiger partial charge < -0.3 is 0 Å². The molecule has 0 radical (unpaired) electrons. The van der Waals surface area contributed by atoms with Crippen LogP contribution in [0.1, 0.15) is 13.8 Å². The molecule has 0 bridgehead atoms. The summed E-state index contributed by atoms with van der Waals surface area (Å²) in [7, 11) is -0.506. The Hall–Kier alpha value is -1.10. The topological polar surface area (TPSA) is 0 Å². The van der Waals surface area contributed by atoms with E-state index in [2.05, 4.69) is 29.2 Å². The molecule has 0 aromatic carbocycles. The molecule has 0 spiro atoms. The van der Waals surface area contributed by atoms with Crippen molar-refractivity contribution in [2.45, 2.75) is 19.4 Å². The standard InChI is InChI=1S/C9H10Si/c1-4-7-9(8-5-2)10-6-3/h3,9H,10H2,1-2H3. The third-order valence-corrected chi connectivity index (χ3v) is 2.01. The molecule has 0 aliphatic carbocycles. The highest BCUT2D eigenvalue weighted by Crippen LogP contribution is 1.95. The van der Waals surface area contributed by atoms with E-state index in [0.29, 0.717) is 0 Å². The van der Waals surface area contributed by atoms with Crippen LogP contribution in [0.5, 0.6) is 0 Å². The fraction of sp³-hybridized carbons (Fsp3) is 0.333. The predicted octanol–water partition coefficient (Wildman–Crippen LogP) is 0.581. The largest absolute Gasteiger partial charge is 0.140 e. The van der Waals surface area contributed by atoms with Crippen molar-refractivity contribution < 1.29 is 0 Å². The van der Waals surface area contributed by atoms with Gasteiger partial charge in [0, 0.05) is 0 Å². The van der Waals surface area contributed by atoms with Gasteiger partial charge in [-0.25, -0.2) is 0 Å². The molecule has 0 unspecified atom stereocenters. The van der Waals surface area contributed by atoms with Gasteiger partial charge in [-0.2, -0.15) is 0 Å². The van der Waals surface area contributed by atoms with Gasteiger partial charge in [-0.15, -0.1) is 23.8 Å². The third kappa shape index (κ3) is 3.85. The average Bonchev–Trinajstić information content (AvgIpc) is 1.90. The maximum absolute atomic E-state index is 5.17. The first kappa shape index (κ1) is 8.90. The zero-order chi connectivity index (χ0) is 7.82. The SMILES string of the molecule is C#C[SiH2]C(C#CC)C#CC. The summed E-state index contributed by atoms with van der Waals surface area (Å²) in [6.45, 7) is 3.63. The highest BCUT2D eigenvalue weighted by Gasteiger charge is 1.95. The second kappa shape index (κ2) is 6.02. The number of rotatable bonds is 1. The maximum Gasteiger partial charge on any atom is 0.136 e. The molecule has 0 aromatic rings. The Morgan fingerprint density at radius 2 is 1.70 bits per heavy atom. The third-order valence-electron chi connectivity index (χ3n) is 0.959. The van der Waals surface area contributed by atoms with Gasteiger partial charge in [-0.1, -0.05) is 11.8 Å². The number of terminal acetylenes is 1. The maximum atomic E-state index is 5.17. The molecule has 0 aliphatic rings.